The van der Waals surface area contributed by atoms with Gasteiger partial charge < -0.3 is 25.5 Å². The van der Waals surface area contributed by atoms with Crippen molar-refractivity contribution in [1.29, 1.82) is 0 Å². The second-order valence-corrected chi connectivity index (χ2v) is 9.31. The van der Waals surface area contributed by atoms with Gasteiger partial charge in [-0.25, -0.2) is 9.97 Å². The van der Waals surface area contributed by atoms with Crippen LogP contribution in [0.25, 0.3) is 0 Å². The van der Waals surface area contributed by atoms with E-state index in [9.17, 15) is 14.7 Å². The first-order valence-corrected chi connectivity index (χ1v) is 12.0. The van der Waals surface area contributed by atoms with Gasteiger partial charge in [-0.15, -0.1) is 0 Å². The third-order valence-electron chi connectivity index (χ3n) is 6.65. The number of nitrogens with zero attached hydrogens (tertiary/aromatic N) is 4. The van der Waals surface area contributed by atoms with Crippen LogP contribution in [0.2, 0.25) is 5.02 Å². The van der Waals surface area contributed by atoms with Crippen LogP contribution in [0.4, 0.5) is 5.82 Å². The summed E-state index contributed by atoms with van der Waals surface area (Å²) in [4.78, 5) is 38.0. The van der Waals surface area contributed by atoms with Crippen molar-refractivity contribution < 1.29 is 14.7 Å². The van der Waals surface area contributed by atoms with E-state index in [1.165, 1.54) is 6.33 Å². The van der Waals surface area contributed by atoms with Gasteiger partial charge in [-0.1, -0.05) is 30.7 Å². The maximum Gasteiger partial charge on any atom is 0.233 e. The van der Waals surface area contributed by atoms with Gasteiger partial charge in [-0.05, 0) is 30.0 Å². The standard InChI is InChI=1S/C24H31ClN6O3/c1-15-11-19(32)22-21(15)23(29-14-28-22)30-7-9-31(10-8-30)24(34)18(12-27-13-20(33)26-2)16-3-5-17(25)6-4-16/h3-6,14-15,18-19,27,32H,7-13H2,1-2H3,(H,26,33)/t15-,18+,19-/m1/s1. The molecule has 1 aromatic carbocycles. The molecule has 9 nitrogen and oxygen atoms in total. The molecule has 182 valence electrons. The number of carbonyl (C=O) groups is 2. The molecular weight excluding hydrogens is 456 g/mol. The topological polar surface area (TPSA) is 111 Å². The van der Waals surface area contributed by atoms with E-state index in [4.69, 9.17) is 11.6 Å². The maximum absolute atomic E-state index is 13.5. The molecule has 10 heteroatoms. The lowest BCUT2D eigenvalue weighted by atomic mass is 9.97. The number of rotatable bonds is 7. The normalized spacial score (nSPS) is 20.7. The minimum atomic E-state index is -0.544. The molecule has 2 aromatic rings. The summed E-state index contributed by atoms with van der Waals surface area (Å²) < 4.78 is 0. The highest BCUT2D eigenvalue weighted by atomic mass is 35.5. The van der Waals surface area contributed by atoms with Crippen LogP contribution in [0.1, 0.15) is 48.1 Å². The fourth-order valence-corrected chi connectivity index (χ4v) is 4.90. The molecular formula is C24H31ClN6O3. The molecule has 3 atom stereocenters. The maximum atomic E-state index is 13.5. The summed E-state index contributed by atoms with van der Waals surface area (Å²) in [5, 5.41) is 16.6. The third-order valence-corrected chi connectivity index (χ3v) is 6.91. The van der Waals surface area contributed by atoms with Crippen molar-refractivity contribution in [2.45, 2.75) is 31.3 Å². The van der Waals surface area contributed by atoms with Crippen molar-refractivity contribution in [2.75, 3.05) is 51.2 Å². The summed E-state index contributed by atoms with van der Waals surface area (Å²) in [6.45, 7) is 5.01. The van der Waals surface area contributed by atoms with Crippen molar-refractivity contribution in [3.8, 4) is 0 Å². The van der Waals surface area contributed by atoms with Crippen molar-refractivity contribution in [3.63, 3.8) is 0 Å². The molecule has 1 fully saturated rings. The van der Waals surface area contributed by atoms with E-state index in [0.29, 0.717) is 44.2 Å². The van der Waals surface area contributed by atoms with Crippen LogP contribution in [0.3, 0.4) is 0 Å². The van der Waals surface area contributed by atoms with E-state index in [2.05, 4.69) is 32.4 Å². The number of amides is 2. The van der Waals surface area contributed by atoms with Crippen LogP contribution in [-0.4, -0.2) is 78.1 Å². The van der Waals surface area contributed by atoms with Crippen molar-refractivity contribution in [3.05, 3.63) is 52.4 Å². The Morgan fingerprint density at radius 3 is 2.56 bits per heavy atom. The molecule has 2 amide bonds. The molecule has 2 aliphatic rings. The molecule has 0 spiro atoms. The Balaban J connectivity index is 1.45. The molecule has 3 N–H and O–H groups in total. The number of fused-ring (bicyclic) bond motifs is 1. The lowest BCUT2D eigenvalue weighted by Crippen LogP contribution is -2.51. The van der Waals surface area contributed by atoms with Crippen molar-refractivity contribution in [1.82, 2.24) is 25.5 Å². The van der Waals surface area contributed by atoms with Gasteiger partial charge in [-0.3, -0.25) is 9.59 Å². The fraction of sp³-hybridized carbons (Fsp3) is 0.500. The SMILES string of the molecule is CNC(=O)CNC[C@H](C(=O)N1CCN(c2ncnc3c2[C@H](C)C[C@H]3O)CC1)c1ccc(Cl)cc1. The molecule has 1 saturated heterocycles. The predicted octanol–water partition coefficient (Wildman–Crippen LogP) is 1.44. The summed E-state index contributed by atoms with van der Waals surface area (Å²) in [5.74, 6) is 0.520. The fourth-order valence-electron chi connectivity index (χ4n) is 4.77. The van der Waals surface area contributed by atoms with Crippen LogP contribution in [-0.2, 0) is 9.59 Å². The zero-order chi connectivity index (χ0) is 24.2. The van der Waals surface area contributed by atoms with E-state index in [0.717, 1.165) is 22.6 Å². The molecule has 0 unspecified atom stereocenters. The highest BCUT2D eigenvalue weighted by Gasteiger charge is 2.35. The summed E-state index contributed by atoms with van der Waals surface area (Å²) in [6, 6.07) is 7.28. The highest BCUT2D eigenvalue weighted by Crippen LogP contribution is 2.42. The Morgan fingerprint density at radius 2 is 1.88 bits per heavy atom. The predicted molar refractivity (Wildman–Crippen MR) is 130 cm³/mol. The van der Waals surface area contributed by atoms with Crippen LogP contribution in [0.15, 0.2) is 30.6 Å². The average molecular weight is 487 g/mol. The molecule has 2 heterocycles. The number of benzene rings is 1. The van der Waals surface area contributed by atoms with E-state index in [1.54, 1.807) is 19.2 Å². The quantitative estimate of drug-likeness (QED) is 0.543. The number of hydrogen-bond acceptors (Lipinski definition) is 7. The molecule has 1 aliphatic heterocycles. The first-order chi connectivity index (χ1) is 16.4. The molecule has 0 bridgehead atoms. The van der Waals surface area contributed by atoms with E-state index in [-0.39, 0.29) is 24.3 Å². The van der Waals surface area contributed by atoms with E-state index in [1.807, 2.05) is 17.0 Å². The number of nitrogens with one attached hydrogen (secondary N) is 2. The second-order valence-electron chi connectivity index (χ2n) is 8.87. The highest BCUT2D eigenvalue weighted by molar-refractivity contribution is 6.30. The lowest BCUT2D eigenvalue weighted by molar-refractivity contribution is -0.133. The van der Waals surface area contributed by atoms with Gasteiger partial charge >= 0.3 is 0 Å². The Hall–Kier alpha value is -2.75. The zero-order valence-corrected chi connectivity index (χ0v) is 20.3. The molecule has 0 radical (unpaired) electrons. The Morgan fingerprint density at radius 1 is 1.18 bits per heavy atom. The zero-order valence-electron chi connectivity index (χ0n) is 19.5. The van der Waals surface area contributed by atoms with E-state index >= 15 is 0 Å². The number of halogens is 1. The van der Waals surface area contributed by atoms with Crippen LogP contribution in [0.5, 0.6) is 0 Å². The number of piperazine rings is 1. The molecule has 34 heavy (non-hydrogen) atoms. The minimum Gasteiger partial charge on any atom is -0.387 e. The third kappa shape index (κ3) is 5.16. The summed E-state index contributed by atoms with van der Waals surface area (Å²) in [6.07, 6.45) is 1.63. The lowest BCUT2D eigenvalue weighted by Gasteiger charge is -2.38. The Bertz CT molecular complexity index is 1030. The average Bonchev–Trinajstić information content (AvgIpc) is 3.15. The monoisotopic (exact) mass is 486 g/mol. The number of aromatic nitrogens is 2. The number of carbonyl (C=O) groups excluding carboxylic acids is 2. The van der Waals surface area contributed by atoms with Gasteiger partial charge in [0.1, 0.15) is 12.1 Å². The number of likely N-dealkylation sites (N-methyl/N-ethyl adjacent to an activating group) is 1. The van der Waals surface area contributed by atoms with Crippen LogP contribution < -0.4 is 15.5 Å². The Kier molecular flexibility index (Phi) is 7.65. The van der Waals surface area contributed by atoms with E-state index < -0.39 is 12.0 Å². The van der Waals surface area contributed by atoms with Gasteiger partial charge in [0.15, 0.2) is 0 Å². The van der Waals surface area contributed by atoms with Crippen LogP contribution in [0, 0.1) is 0 Å². The largest absolute Gasteiger partial charge is 0.387 e. The Labute approximate surface area is 204 Å². The molecule has 4 rings (SSSR count). The second kappa shape index (κ2) is 10.7. The van der Waals surface area contributed by atoms with Crippen LogP contribution >= 0.6 is 11.6 Å². The summed E-state index contributed by atoms with van der Waals surface area (Å²) in [5.41, 5.74) is 2.60. The van der Waals surface area contributed by atoms with Gasteiger partial charge in [-0.2, -0.15) is 0 Å². The first-order valence-electron chi connectivity index (χ1n) is 11.6. The number of anilines is 1. The van der Waals surface area contributed by atoms with Gasteiger partial charge in [0.2, 0.25) is 11.8 Å². The smallest absolute Gasteiger partial charge is 0.233 e. The molecule has 1 aromatic heterocycles. The molecule has 1 aliphatic carbocycles. The number of aliphatic hydroxyl groups excluding tert-OH is 1. The van der Waals surface area contributed by atoms with Gasteiger partial charge in [0, 0.05) is 50.4 Å². The number of hydrogen-bond donors (Lipinski definition) is 3. The summed E-state index contributed by atoms with van der Waals surface area (Å²) in [7, 11) is 1.58. The molecule has 0 saturated carbocycles. The van der Waals surface area contributed by atoms with Crippen molar-refractivity contribution in [2.24, 2.45) is 0 Å². The van der Waals surface area contributed by atoms with Gasteiger partial charge in [0.05, 0.1) is 24.3 Å². The number of aliphatic hydroxyl groups is 1. The van der Waals surface area contributed by atoms with Gasteiger partial charge in [0.25, 0.3) is 0 Å². The van der Waals surface area contributed by atoms with Crippen molar-refractivity contribution >= 4 is 29.2 Å². The first kappa shape index (κ1) is 24.4. The summed E-state index contributed by atoms with van der Waals surface area (Å²) >= 11 is 6.05. The minimum absolute atomic E-state index is 0.0167.